The van der Waals surface area contributed by atoms with Crippen LogP contribution in [0.2, 0.25) is 0 Å². The van der Waals surface area contributed by atoms with Crippen molar-refractivity contribution in [3.63, 3.8) is 0 Å². The summed E-state index contributed by atoms with van der Waals surface area (Å²) in [6, 6.07) is 1.28. The van der Waals surface area contributed by atoms with Crippen molar-refractivity contribution in [2.75, 3.05) is 33.7 Å². The topological polar surface area (TPSA) is 32.5 Å². The van der Waals surface area contributed by atoms with E-state index in [-0.39, 0.29) is 0 Å². The molecule has 2 fully saturated rings. The molecule has 2 rings (SSSR count). The standard InChI is InChI=1S/C13H27N3/c1-15(2)12-5-8-16(9-6-12)10-7-13(14)11-3-4-11/h11-13H,3-10,14H2,1-2H3. The minimum Gasteiger partial charge on any atom is -0.327 e. The number of hydrogen-bond donors (Lipinski definition) is 1. The SMILES string of the molecule is CN(C)C1CCN(CCC(N)C2CC2)CC1. The second kappa shape index (κ2) is 5.48. The first kappa shape index (κ1) is 12.3. The quantitative estimate of drug-likeness (QED) is 0.761. The van der Waals surface area contributed by atoms with E-state index in [1.807, 2.05) is 0 Å². The van der Waals surface area contributed by atoms with Crippen LogP contribution in [0.15, 0.2) is 0 Å². The maximum Gasteiger partial charge on any atom is 0.0113 e. The van der Waals surface area contributed by atoms with Crippen LogP contribution >= 0.6 is 0 Å². The monoisotopic (exact) mass is 225 g/mol. The second-order valence-corrected chi connectivity index (χ2v) is 5.83. The molecule has 1 unspecified atom stereocenters. The van der Waals surface area contributed by atoms with Gasteiger partial charge in [-0.1, -0.05) is 0 Å². The van der Waals surface area contributed by atoms with Gasteiger partial charge in [-0.3, -0.25) is 0 Å². The Bertz CT molecular complexity index is 205. The van der Waals surface area contributed by atoms with Crippen LogP contribution in [0, 0.1) is 5.92 Å². The molecule has 1 saturated carbocycles. The van der Waals surface area contributed by atoms with Crippen LogP contribution in [-0.2, 0) is 0 Å². The zero-order valence-electron chi connectivity index (χ0n) is 10.9. The van der Waals surface area contributed by atoms with Gasteiger partial charge in [-0.05, 0) is 71.8 Å². The molecule has 0 spiro atoms. The van der Waals surface area contributed by atoms with Crippen LogP contribution in [0.4, 0.5) is 0 Å². The maximum absolute atomic E-state index is 6.14. The van der Waals surface area contributed by atoms with Gasteiger partial charge in [0.2, 0.25) is 0 Å². The summed E-state index contributed by atoms with van der Waals surface area (Å²) >= 11 is 0. The van der Waals surface area contributed by atoms with Gasteiger partial charge in [-0.25, -0.2) is 0 Å². The highest BCUT2D eigenvalue weighted by Crippen LogP contribution is 2.32. The van der Waals surface area contributed by atoms with Gasteiger partial charge >= 0.3 is 0 Å². The molecular formula is C13H27N3. The van der Waals surface area contributed by atoms with E-state index in [0.29, 0.717) is 6.04 Å². The van der Waals surface area contributed by atoms with Gasteiger partial charge < -0.3 is 15.5 Å². The first-order valence-corrected chi connectivity index (χ1v) is 6.81. The third kappa shape index (κ3) is 3.44. The minimum atomic E-state index is 0.478. The van der Waals surface area contributed by atoms with E-state index in [0.717, 1.165) is 12.0 Å². The molecule has 2 N–H and O–H groups in total. The smallest absolute Gasteiger partial charge is 0.0113 e. The van der Waals surface area contributed by atoms with Crippen LogP contribution < -0.4 is 5.73 Å². The number of nitrogens with two attached hydrogens (primary N) is 1. The summed E-state index contributed by atoms with van der Waals surface area (Å²) in [5, 5.41) is 0. The van der Waals surface area contributed by atoms with E-state index in [4.69, 9.17) is 5.73 Å². The highest BCUT2D eigenvalue weighted by atomic mass is 15.2. The predicted molar refractivity (Wildman–Crippen MR) is 68.5 cm³/mol. The molecule has 1 atom stereocenters. The van der Waals surface area contributed by atoms with Gasteiger partial charge in [0.05, 0.1) is 0 Å². The van der Waals surface area contributed by atoms with Crippen LogP contribution in [-0.4, -0.2) is 55.6 Å². The van der Waals surface area contributed by atoms with Crippen LogP contribution in [0.5, 0.6) is 0 Å². The van der Waals surface area contributed by atoms with E-state index >= 15 is 0 Å². The van der Waals surface area contributed by atoms with Gasteiger partial charge in [0.15, 0.2) is 0 Å². The number of nitrogens with zero attached hydrogens (tertiary/aromatic N) is 2. The molecule has 1 aliphatic carbocycles. The Labute approximate surface area is 100.0 Å². The molecule has 94 valence electrons. The number of rotatable bonds is 5. The Kier molecular flexibility index (Phi) is 4.22. The zero-order valence-corrected chi connectivity index (χ0v) is 10.9. The first-order valence-electron chi connectivity index (χ1n) is 6.81. The summed E-state index contributed by atoms with van der Waals surface area (Å²) in [4.78, 5) is 4.97. The fourth-order valence-electron chi connectivity index (χ4n) is 2.75. The lowest BCUT2D eigenvalue weighted by Crippen LogP contribution is -2.43. The summed E-state index contributed by atoms with van der Waals surface area (Å²) in [6.07, 6.45) is 6.61. The molecule has 3 nitrogen and oxygen atoms in total. The van der Waals surface area contributed by atoms with Crippen molar-refractivity contribution in [1.29, 1.82) is 0 Å². The average Bonchev–Trinajstić information content (AvgIpc) is 3.10. The summed E-state index contributed by atoms with van der Waals surface area (Å²) in [6.45, 7) is 3.75. The van der Waals surface area contributed by atoms with Crippen molar-refractivity contribution in [3.05, 3.63) is 0 Å². The van der Waals surface area contributed by atoms with Crippen LogP contribution in [0.25, 0.3) is 0 Å². The van der Waals surface area contributed by atoms with Gasteiger partial charge in [-0.15, -0.1) is 0 Å². The van der Waals surface area contributed by atoms with E-state index in [1.54, 1.807) is 0 Å². The van der Waals surface area contributed by atoms with Crippen molar-refractivity contribution < 1.29 is 0 Å². The molecule has 0 amide bonds. The predicted octanol–water partition coefficient (Wildman–Crippen LogP) is 1.14. The molecule has 0 aromatic carbocycles. The Morgan fingerprint density at radius 3 is 2.31 bits per heavy atom. The third-order valence-electron chi connectivity index (χ3n) is 4.29. The third-order valence-corrected chi connectivity index (χ3v) is 4.29. The largest absolute Gasteiger partial charge is 0.327 e. The lowest BCUT2D eigenvalue weighted by atomic mass is 10.0. The lowest BCUT2D eigenvalue weighted by molar-refractivity contribution is 0.141. The highest BCUT2D eigenvalue weighted by Gasteiger charge is 2.29. The zero-order chi connectivity index (χ0) is 11.5. The van der Waals surface area contributed by atoms with Gasteiger partial charge in [0.25, 0.3) is 0 Å². The van der Waals surface area contributed by atoms with Crippen molar-refractivity contribution in [2.45, 2.75) is 44.2 Å². The van der Waals surface area contributed by atoms with Gasteiger partial charge in [0.1, 0.15) is 0 Å². The average molecular weight is 225 g/mol. The van der Waals surface area contributed by atoms with Crippen molar-refractivity contribution >= 4 is 0 Å². The summed E-state index contributed by atoms with van der Waals surface area (Å²) in [7, 11) is 4.40. The molecule has 1 heterocycles. The van der Waals surface area contributed by atoms with Crippen LogP contribution in [0.3, 0.4) is 0 Å². The van der Waals surface area contributed by atoms with Gasteiger partial charge in [-0.2, -0.15) is 0 Å². The Morgan fingerprint density at radius 2 is 1.81 bits per heavy atom. The van der Waals surface area contributed by atoms with E-state index in [1.165, 1.54) is 51.7 Å². The van der Waals surface area contributed by atoms with Gasteiger partial charge in [0, 0.05) is 12.1 Å². The molecule has 0 aromatic rings. The molecule has 1 saturated heterocycles. The fraction of sp³-hybridized carbons (Fsp3) is 1.00. The minimum absolute atomic E-state index is 0.478. The normalized spacial score (nSPS) is 26.2. The maximum atomic E-state index is 6.14. The Morgan fingerprint density at radius 1 is 1.19 bits per heavy atom. The number of piperidine rings is 1. The summed E-state index contributed by atoms with van der Waals surface area (Å²) in [5.74, 6) is 0.860. The van der Waals surface area contributed by atoms with Crippen LogP contribution in [0.1, 0.15) is 32.1 Å². The van der Waals surface area contributed by atoms with Crippen molar-refractivity contribution in [3.8, 4) is 0 Å². The summed E-state index contributed by atoms with van der Waals surface area (Å²) in [5.41, 5.74) is 6.14. The van der Waals surface area contributed by atoms with E-state index in [2.05, 4.69) is 23.9 Å². The lowest BCUT2D eigenvalue weighted by Gasteiger charge is -2.35. The van der Waals surface area contributed by atoms with E-state index < -0.39 is 0 Å². The second-order valence-electron chi connectivity index (χ2n) is 5.83. The number of hydrogen-bond acceptors (Lipinski definition) is 3. The number of likely N-dealkylation sites (tertiary alicyclic amines) is 1. The van der Waals surface area contributed by atoms with Crippen molar-refractivity contribution in [2.24, 2.45) is 11.7 Å². The Balaban J connectivity index is 1.61. The summed E-state index contributed by atoms with van der Waals surface area (Å²) < 4.78 is 0. The molecule has 2 aliphatic rings. The molecule has 0 aromatic heterocycles. The molecule has 0 bridgehead atoms. The fourth-order valence-corrected chi connectivity index (χ4v) is 2.75. The van der Waals surface area contributed by atoms with E-state index in [9.17, 15) is 0 Å². The molecular weight excluding hydrogens is 198 g/mol. The highest BCUT2D eigenvalue weighted by molar-refractivity contribution is 4.85. The first-order chi connectivity index (χ1) is 7.66. The van der Waals surface area contributed by atoms with Crippen molar-refractivity contribution in [1.82, 2.24) is 9.80 Å². The molecule has 16 heavy (non-hydrogen) atoms. The molecule has 0 radical (unpaired) electrons. The molecule has 3 heteroatoms. The molecule has 1 aliphatic heterocycles. The Hall–Kier alpha value is -0.120.